The van der Waals surface area contributed by atoms with Gasteiger partial charge in [0.2, 0.25) is 0 Å². The quantitative estimate of drug-likeness (QED) is 0.338. The highest BCUT2D eigenvalue weighted by atomic mass is 35.5. The van der Waals surface area contributed by atoms with Crippen LogP contribution in [0.2, 0.25) is 5.02 Å². The van der Waals surface area contributed by atoms with Gasteiger partial charge >= 0.3 is 0 Å². The van der Waals surface area contributed by atoms with E-state index >= 15 is 0 Å². The minimum absolute atomic E-state index is 0.0554. The topological polar surface area (TPSA) is 80.3 Å². The molecule has 7 heteroatoms. The number of aliphatic hydroxyl groups is 1. The summed E-state index contributed by atoms with van der Waals surface area (Å²) in [4.78, 5) is 1.48. The van der Waals surface area contributed by atoms with Crippen molar-refractivity contribution in [1.82, 2.24) is 4.90 Å². The van der Waals surface area contributed by atoms with E-state index in [0.717, 1.165) is 25.3 Å². The van der Waals surface area contributed by atoms with Crippen molar-refractivity contribution >= 4 is 17.4 Å². The van der Waals surface area contributed by atoms with Crippen LogP contribution in [0.15, 0.2) is 18.2 Å². The fourth-order valence-electron chi connectivity index (χ4n) is 5.81. The summed E-state index contributed by atoms with van der Waals surface area (Å²) in [6.07, 6.45) is 6.47. The van der Waals surface area contributed by atoms with E-state index in [4.69, 9.17) is 21.7 Å². The summed E-state index contributed by atoms with van der Waals surface area (Å²) in [5.41, 5.74) is -1.72. The number of hydrogen-bond acceptors (Lipinski definition) is 4. The van der Waals surface area contributed by atoms with Crippen molar-refractivity contribution < 1.29 is 14.2 Å². The molecular weight excluding hydrogens is 381 g/mol. The third-order valence-corrected chi connectivity index (χ3v) is 6.96. The summed E-state index contributed by atoms with van der Waals surface area (Å²) in [5, 5.41) is 29.6. The van der Waals surface area contributed by atoms with Crippen LogP contribution >= 0.6 is 11.6 Å². The number of hydrogen-bond donors (Lipinski definition) is 2. The Hall–Kier alpha value is -1.84. The molecule has 0 amide bonds. The van der Waals surface area contributed by atoms with Gasteiger partial charge in [-0.15, -0.1) is 0 Å². The summed E-state index contributed by atoms with van der Waals surface area (Å²) >= 11 is 6.07. The molecule has 1 aromatic rings. The van der Waals surface area contributed by atoms with Crippen LogP contribution in [0.5, 0.6) is 5.75 Å². The van der Waals surface area contributed by atoms with Gasteiger partial charge in [0, 0.05) is 0 Å². The van der Waals surface area contributed by atoms with Crippen LogP contribution in [0.3, 0.4) is 0 Å². The first-order valence-electron chi connectivity index (χ1n) is 9.76. The van der Waals surface area contributed by atoms with E-state index in [-0.39, 0.29) is 34.5 Å². The van der Waals surface area contributed by atoms with E-state index in [0.29, 0.717) is 18.8 Å². The SMILES string of the molecule is CC(C)(Oc1ccc(F)cc1Cl)C(=N)N(C#N)C1C2CC3CC1CC(O)(C3)C2. The smallest absolute Gasteiger partial charge is 0.185 e. The molecule has 4 saturated carbocycles. The lowest BCUT2D eigenvalue weighted by Crippen LogP contribution is -2.63. The van der Waals surface area contributed by atoms with E-state index in [1.807, 2.05) is 0 Å². The molecule has 1 aromatic carbocycles. The molecule has 0 spiro atoms. The first kappa shape index (κ1) is 19.5. The molecular formula is C21H25ClFN3O2. The molecule has 0 heterocycles. The molecule has 2 unspecified atom stereocenters. The molecule has 5 nitrogen and oxygen atoms in total. The first-order valence-corrected chi connectivity index (χ1v) is 10.1. The normalized spacial score (nSPS) is 33.4. The number of nitrogens with zero attached hydrogens (tertiary/aromatic N) is 2. The van der Waals surface area contributed by atoms with Crippen molar-refractivity contribution in [3.05, 3.63) is 29.0 Å². The van der Waals surface area contributed by atoms with E-state index in [1.165, 1.54) is 17.0 Å². The van der Waals surface area contributed by atoms with Gasteiger partial charge in [0.15, 0.2) is 17.6 Å². The summed E-state index contributed by atoms with van der Waals surface area (Å²) in [6, 6.07) is 3.77. The van der Waals surface area contributed by atoms with Crippen molar-refractivity contribution in [3.8, 4) is 11.9 Å². The maximum Gasteiger partial charge on any atom is 0.185 e. The highest BCUT2D eigenvalue weighted by Gasteiger charge is 2.57. The van der Waals surface area contributed by atoms with Crippen molar-refractivity contribution in [2.75, 3.05) is 0 Å². The number of benzene rings is 1. The maximum absolute atomic E-state index is 13.3. The predicted molar refractivity (Wildman–Crippen MR) is 104 cm³/mol. The molecule has 4 aliphatic carbocycles. The summed E-state index contributed by atoms with van der Waals surface area (Å²) in [7, 11) is 0. The average molecular weight is 406 g/mol. The Morgan fingerprint density at radius 2 is 2.00 bits per heavy atom. The van der Waals surface area contributed by atoms with Gasteiger partial charge in [0.1, 0.15) is 11.6 Å². The summed E-state index contributed by atoms with van der Waals surface area (Å²) in [6.45, 7) is 3.42. The third kappa shape index (κ3) is 3.25. The zero-order valence-corrected chi connectivity index (χ0v) is 16.8. The number of nitrogens with one attached hydrogen (secondary N) is 1. The molecule has 0 saturated heterocycles. The Kier molecular flexibility index (Phi) is 4.59. The van der Waals surface area contributed by atoms with E-state index in [2.05, 4.69) is 6.19 Å². The molecule has 4 fully saturated rings. The van der Waals surface area contributed by atoms with Crippen LogP contribution in [0.25, 0.3) is 0 Å². The Balaban J connectivity index is 1.56. The average Bonchev–Trinajstić information content (AvgIpc) is 2.58. The molecule has 0 aliphatic heterocycles. The van der Waals surface area contributed by atoms with Gasteiger partial charge in [-0.3, -0.25) is 10.3 Å². The second-order valence-corrected chi connectivity index (χ2v) is 9.60. The van der Waals surface area contributed by atoms with Crippen molar-refractivity contribution in [1.29, 1.82) is 10.7 Å². The Labute approximate surface area is 169 Å². The molecule has 2 atom stereocenters. The highest BCUT2D eigenvalue weighted by Crippen LogP contribution is 2.57. The van der Waals surface area contributed by atoms with Gasteiger partial charge in [-0.2, -0.15) is 5.26 Å². The number of ether oxygens (including phenoxy) is 1. The van der Waals surface area contributed by atoms with E-state index in [1.54, 1.807) is 13.8 Å². The van der Waals surface area contributed by atoms with Crippen molar-refractivity contribution in [3.63, 3.8) is 0 Å². The number of nitriles is 1. The van der Waals surface area contributed by atoms with Gasteiger partial charge in [-0.1, -0.05) is 11.6 Å². The molecule has 150 valence electrons. The van der Waals surface area contributed by atoms with Crippen molar-refractivity contribution in [2.45, 2.75) is 63.2 Å². The molecule has 4 aliphatic rings. The monoisotopic (exact) mass is 405 g/mol. The van der Waals surface area contributed by atoms with Crippen LogP contribution in [0.4, 0.5) is 4.39 Å². The lowest BCUT2D eigenvalue weighted by atomic mass is 9.52. The van der Waals surface area contributed by atoms with Crippen LogP contribution in [0, 0.1) is 40.4 Å². The molecule has 0 radical (unpaired) electrons. The van der Waals surface area contributed by atoms with Crippen molar-refractivity contribution in [2.24, 2.45) is 17.8 Å². The second kappa shape index (κ2) is 6.60. The van der Waals surface area contributed by atoms with Gasteiger partial charge in [-0.25, -0.2) is 4.39 Å². The van der Waals surface area contributed by atoms with Crippen LogP contribution in [-0.4, -0.2) is 33.1 Å². The molecule has 0 aromatic heterocycles. The van der Waals surface area contributed by atoms with Gasteiger partial charge in [0.25, 0.3) is 0 Å². The highest BCUT2D eigenvalue weighted by molar-refractivity contribution is 6.32. The van der Waals surface area contributed by atoms with E-state index in [9.17, 15) is 14.8 Å². The molecule has 4 bridgehead atoms. The van der Waals surface area contributed by atoms with Gasteiger partial charge in [0.05, 0.1) is 16.7 Å². The molecule has 2 N–H and O–H groups in total. The zero-order valence-electron chi connectivity index (χ0n) is 16.1. The summed E-state index contributed by atoms with van der Waals surface area (Å²) < 4.78 is 19.2. The largest absolute Gasteiger partial charge is 0.478 e. The number of rotatable bonds is 4. The Bertz CT molecular complexity index is 837. The standard InChI is InChI=1S/C21H25ClFN3O2/c1-20(2,28-17-4-3-15(23)7-16(17)22)19(25)26(11-24)18-13-5-12-6-14(18)10-21(27,8-12)9-13/h3-4,7,12-14,18,25,27H,5-6,8-10H2,1-2H3. The van der Waals surface area contributed by atoms with Crippen LogP contribution in [-0.2, 0) is 0 Å². The third-order valence-electron chi connectivity index (χ3n) is 6.67. The predicted octanol–water partition coefficient (Wildman–Crippen LogP) is 4.34. The second-order valence-electron chi connectivity index (χ2n) is 9.19. The maximum atomic E-state index is 13.3. The number of amidine groups is 1. The van der Waals surface area contributed by atoms with Gasteiger partial charge in [-0.05, 0) is 81.9 Å². The van der Waals surface area contributed by atoms with Gasteiger partial charge < -0.3 is 9.84 Å². The Morgan fingerprint density at radius 3 is 2.54 bits per heavy atom. The minimum atomic E-state index is -1.12. The minimum Gasteiger partial charge on any atom is -0.478 e. The molecule has 5 rings (SSSR count). The van der Waals surface area contributed by atoms with Crippen LogP contribution in [0.1, 0.15) is 46.0 Å². The van der Waals surface area contributed by atoms with Crippen LogP contribution < -0.4 is 4.74 Å². The Morgan fingerprint density at radius 1 is 1.36 bits per heavy atom. The first-order chi connectivity index (χ1) is 13.1. The summed E-state index contributed by atoms with van der Waals surface area (Å²) in [5.74, 6) is 0.809. The van der Waals surface area contributed by atoms with E-state index < -0.39 is 17.0 Å². The lowest BCUT2D eigenvalue weighted by molar-refractivity contribution is -0.147. The lowest BCUT2D eigenvalue weighted by Gasteiger charge is -2.59. The zero-order chi connectivity index (χ0) is 20.3. The fraction of sp³-hybridized carbons (Fsp3) is 0.619. The fourth-order valence-corrected chi connectivity index (χ4v) is 6.02. The molecule has 28 heavy (non-hydrogen) atoms. The number of halogens is 2.